The fourth-order valence-corrected chi connectivity index (χ4v) is 6.78. The molecule has 15 heteroatoms. The first kappa shape index (κ1) is 30.2. The molecule has 1 aromatic rings. The molecule has 3 rings (SSSR count). The molecule has 2 aliphatic rings. The number of anilines is 1. The molecule has 0 radical (unpaired) electrons. The number of ether oxygens (including phenoxy) is 1. The highest BCUT2D eigenvalue weighted by atomic mass is 32.2. The summed E-state index contributed by atoms with van der Waals surface area (Å²) in [5.41, 5.74) is 1.98. The maximum Gasteiger partial charge on any atom is 0.408 e. The number of nitrogens with zero attached hydrogens (tertiary/aromatic N) is 3. The van der Waals surface area contributed by atoms with Gasteiger partial charge in [-0.3, -0.25) is 18.4 Å². The predicted molar refractivity (Wildman–Crippen MR) is 137 cm³/mol. The van der Waals surface area contributed by atoms with E-state index in [2.05, 4.69) is 4.98 Å². The summed E-state index contributed by atoms with van der Waals surface area (Å²) in [6, 6.07) is 1.36. The van der Waals surface area contributed by atoms with E-state index in [-0.39, 0.29) is 36.5 Å². The van der Waals surface area contributed by atoms with E-state index < -0.39 is 42.9 Å². The number of aliphatic hydroxyl groups excluding tert-OH is 2. The summed E-state index contributed by atoms with van der Waals surface area (Å²) < 4.78 is 33.7. The smallest absolute Gasteiger partial charge is 0.395 e. The van der Waals surface area contributed by atoms with Crippen molar-refractivity contribution in [2.45, 2.75) is 64.1 Å². The minimum absolute atomic E-state index is 0.00118. The van der Waals surface area contributed by atoms with Crippen LogP contribution in [0.1, 0.15) is 46.3 Å². The third kappa shape index (κ3) is 7.00. The molecule has 3 heterocycles. The third-order valence-corrected chi connectivity index (χ3v) is 9.72. The largest absolute Gasteiger partial charge is 0.408 e. The molecule has 210 valence electrons. The van der Waals surface area contributed by atoms with Crippen LogP contribution in [0.4, 0.5) is 5.82 Å². The second-order valence-electron chi connectivity index (χ2n) is 10.0. The lowest BCUT2D eigenvalue weighted by atomic mass is 9.96. The summed E-state index contributed by atoms with van der Waals surface area (Å²) >= 11 is 0.975. The first-order valence-corrected chi connectivity index (χ1v) is 14.6. The molecule has 13 nitrogen and oxygen atoms in total. The van der Waals surface area contributed by atoms with Crippen molar-refractivity contribution >= 4 is 30.4 Å². The van der Waals surface area contributed by atoms with Gasteiger partial charge in [-0.1, -0.05) is 18.2 Å². The van der Waals surface area contributed by atoms with Crippen molar-refractivity contribution in [3.8, 4) is 0 Å². The summed E-state index contributed by atoms with van der Waals surface area (Å²) in [5.74, 6) is 0.203. The van der Waals surface area contributed by atoms with E-state index >= 15 is 0 Å². The molecule has 2 fully saturated rings. The van der Waals surface area contributed by atoms with E-state index in [4.69, 9.17) is 19.5 Å². The van der Waals surface area contributed by atoms with Crippen LogP contribution in [0.2, 0.25) is 0 Å². The van der Waals surface area contributed by atoms with Gasteiger partial charge in [-0.15, -0.1) is 0 Å². The van der Waals surface area contributed by atoms with Crippen LogP contribution in [0.15, 0.2) is 17.1 Å². The standard InChI is InChI=1S/C22H37N4O9PS/c1-21(2,14-27)19(29)37-12-11-33-36(32,25-8-5-4-6-9-25)34-13-15-17(28)22(3,31)18(35-15)26-10-7-16(23)24-20(26)30/h7,10,15,17-18,27-28,31H,4-6,8-9,11-14H2,1-3H3,(H2,23,24,30)/t15-,17-,18-,22-,36?/m1/s1. The normalized spacial score (nSPS) is 28.8. The van der Waals surface area contributed by atoms with Crippen LogP contribution in [0.5, 0.6) is 0 Å². The maximum atomic E-state index is 13.8. The Kier molecular flexibility index (Phi) is 9.98. The zero-order valence-electron chi connectivity index (χ0n) is 21.3. The van der Waals surface area contributed by atoms with Crippen LogP contribution in [0, 0.1) is 5.41 Å². The number of carbonyl (C=O) groups excluding carboxylic acids is 1. The Morgan fingerprint density at radius 1 is 1.35 bits per heavy atom. The Balaban J connectivity index is 1.68. The van der Waals surface area contributed by atoms with E-state index in [1.54, 1.807) is 18.5 Å². The van der Waals surface area contributed by atoms with Crippen molar-refractivity contribution in [2.24, 2.45) is 5.41 Å². The van der Waals surface area contributed by atoms with Gasteiger partial charge in [0.25, 0.3) is 0 Å². The lowest BCUT2D eigenvalue weighted by molar-refractivity contribution is -0.119. The summed E-state index contributed by atoms with van der Waals surface area (Å²) in [6.45, 7) is 4.83. The van der Waals surface area contributed by atoms with Crippen molar-refractivity contribution in [3.63, 3.8) is 0 Å². The molecular weight excluding hydrogens is 527 g/mol. The van der Waals surface area contributed by atoms with Gasteiger partial charge in [0, 0.05) is 25.0 Å². The Morgan fingerprint density at radius 3 is 2.65 bits per heavy atom. The van der Waals surface area contributed by atoms with Gasteiger partial charge in [-0.2, -0.15) is 4.98 Å². The van der Waals surface area contributed by atoms with Crippen LogP contribution in [-0.2, 0) is 23.1 Å². The molecule has 0 amide bonds. The molecule has 5 N–H and O–H groups in total. The van der Waals surface area contributed by atoms with Gasteiger partial charge in [0.1, 0.15) is 23.6 Å². The zero-order valence-corrected chi connectivity index (χ0v) is 23.0. The van der Waals surface area contributed by atoms with Gasteiger partial charge in [-0.25, -0.2) is 14.0 Å². The third-order valence-electron chi connectivity index (χ3n) is 6.46. The molecule has 0 saturated carbocycles. The highest BCUT2D eigenvalue weighted by Gasteiger charge is 2.54. The van der Waals surface area contributed by atoms with Gasteiger partial charge < -0.3 is 25.8 Å². The Hall–Kier alpha value is -1.35. The topological polar surface area (TPSA) is 187 Å². The highest BCUT2D eigenvalue weighted by molar-refractivity contribution is 8.13. The van der Waals surface area contributed by atoms with E-state index in [0.717, 1.165) is 35.6 Å². The van der Waals surface area contributed by atoms with Gasteiger partial charge in [0.15, 0.2) is 11.3 Å². The van der Waals surface area contributed by atoms with Crippen LogP contribution in [0.25, 0.3) is 0 Å². The number of hydrogen-bond donors (Lipinski definition) is 4. The predicted octanol–water partition coefficient (Wildman–Crippen LogP) is 0.740. The van der Waals surface area contributed by atoms with Crippen molar-refractivity contribution in [1.29, 1.82) is 0 Å². The summed E-state index contributed by atoms with van der Waals surface area (Å²) in [7, 11) is -3.84. The minimum Gasteiger partial charge on any atom is -0.395 e. The number of nitrogens with two attached hydrogens (primary N) is 1. The fourth-order valence-electron chi connectivity index (χ4n) is 4.02. The van der Waals surface area contributed by atoms with Crippen molar-refractivity contribution < 1.29 is 38.5 Å². The lowest BCUT2D eigenvalue weighted by Crippen LogP contribution is -2.46. The van der Waals surface area contributed by atoms with E-state index in [9.17, 15) is 29.5 Å². The summed E-state index contributed by atoms with van der Waals surface area (Å²) in [6.07, 6.45) is -0.000687. The Labute approximate surface area is 219 Å². The van der Waals surface area contributed by atoms with Crippen LogP contribution >= 0.6 is 19.5 Å². The van der Waals surface area contributed by atoms with E-state index in [0.29, 0.717) is 13.1 Å². The van der Waals surface area contributed by atoms with Crippen LogP contribution in [0.3, 0.4) is 0 Å². The molecule has 0 spiro atoms. The molecule has 0 aromatic carbocycles. The van der Waals surface area contributed by atoms with Gasteiger partial charge in [0.05, 0.1) is 25.2 Å². The number of hydrogen-bond acceptors (Lipinski definition) is 12. The van der Waals surface area contributed by atoms with Gasteiger partial charge in [-0.05, 0) is 39.7 Å². The minimum atomic E-state index is -3.84. The number of aromatic nitrogens is 2. The first-order chi connectivity index (χ1) is 17.3. The Bertz CT molecular complexity index is 1050. The maximum absolute atomic E-state index is 13.8. The molecule has 1 aromatic heterocycles. The SMILES string of the molecule is CC(C)(CO)C(=O)SCCOP(=O)(OC[C@H]1O[C@@H](n2ccc(N)nc2=O)[C@](C)(O)[C@@H]1O)N1CCCCC1. The quantitative estimate of drug-likeness (QED) is 0.218. The Morgan fingerprint density at radius 2 is 2.03 bits per heavy atom. The first-order valence-electron chi connectivity index (χ1n) is 12.1. The molecule has 0 aliphatic carbocycles. The molecule has 5 atom stereocenters. The molecule has 1 unspecified atom stereocenters. The average Bonchev–Trinajstić information content (AvgIpc) is 3.09. The van der Waals surface area contributed by atoms with E-state index in [1.165, 1.54) is 19.2 Å². The van der Waals surface area contributed by atoms with Crippen LogP contribution < -0.4 is 11.4 Å². The second kappa shape index (κ2) is 12.2. The monoisotopic (exact) mass is 564 g/mol. The zero-order chi connectivity index (χ0) is 27.4. The highest BCUT2D eigenvalue weighted by Crippen LogP contribution is 2.54. The van der Waals surface area contributed by atoms with Crippen molar-refractivity contribution in [2.75, 3.05) is 44.4 Å². The lowest BCUT2D eigenvalue weighted by Gasteiger charge is -2.33. The fraction of sp³-hybridized carbons (Fsp3) is 0.773. The average molecular weight is 565 g/mol. The van der Waals surface area contributed by atoms with Crippen molar-refractivity contribution in [3.05, 3.63) is 22.7 Å². The number of nitrogen functional groups attached to an aromatic ring is 1. The van der Waals surface area contributed by atoms with E-state index in [1.807, 2.05) is 0 Å². The second-order valence-corrected chi connectivity index (χ2v) is 13.1. The molecule has 0 bridgehead atoms. The number of thioether (sulfide) groups is 1. The van der Waals surface area contributed by atoms with Gasteiger partial charge >= 0.3 is 13.4 Å². The number of carbonyl (C=O) groups is 1. The molecule has 2 saturated heterocycles. The van der Waals surface area contributed by atoms with Crippen LogP contribution in [-0.4, -0.2) is 91.1 Å². The van der Waals surface area contributed by atoms with Crippen molar-refractivity contribution in [1.82, 2.24) is 14.2 Å². The molecular formula is C22H37N4O9PS. The summed E-state index contributed by atoms with van der Waals surface area (Å²) in [4.78, 5) is 28.2. The summed E-state index contributed by atoms with van der Waals surface area (Å²) in [5, 5.41) is 30.8. The number of rotatable bonds is 11. The molecule has 37 heavy (non-hydrogen) atoms. The number of piperidine rings is 1. The molecule has 2 aliphatic heterocycles. The number of aliphatic hydroxyl groups is 3. The van der Waals surface area contributed by atoms with Gasteiger partial charge in [0.2, 0.25) is 0 Å².